The lowest BCUT2D eigenvalue weighted by Crippen LogP contribution is -2.41. The van der Waals surface area contributed by atoms with Crippen molar-refractivity contribution < 1.29 is 9.83 Å². The van der Waals surface area contributed by atoms with E-state index in [1.807, 2.05) is 0 Å². The molecule has 0 aliphatic carbocycles. The first-order chi connectivity index (χ1) is 5.13. The Morgan fingerprint density at radius 1 is 1.82 bits per heavy atom. The Balaban J connectivity index is 4.26. The van der Waals surface area contributed by atoms with E-state index in [0.717, 1.165) is 0 Å². The largest absolute Gasteiger partial charge is 0.295 e. The van der Waals surface area contributed by atoms with Crippen molar-refractivity contribution in [2.45, 2.75) is 0 Å². The quantitative estimate of drug-likeness (QED) is 0.181. The zero-order chi connectivity index (χ0) is 8.85. The fourth-order valence-corrected chi connectivity index (χ4v) is 0.433. The van der Waals surface area contributed by atoms with Crippen LogP contribution in [0.3, 0.4) is 0 Å². The molecule has 0 aliphatic heterocycles. The standard InChI is InChI=1S/C4H8N4O3/c1-5-4(6-3-9)7(2)8(10)11/h3H,1-2H3,(H,5,6,9). The number of carbonyl (C=O) groups is 1. The van der Waals surface area contributed by atoms with E-state index in [9.17, 15) is 14.9 Å². The van der Waals surface area contributed by atoms with Crippen LogP contribution < -0.4 is 5.32 Å². The lowest BCUT2D eigenvalue weighted by molar-refractivity contribution is -0.623. The predicted molar refractivity (Wildman–Crippen MR) is 37.3 cm³/mol. The van der Waals surface area contributed by atoms with Crippen molar-refractivity contribution in [3.05, 3.63) is 10.1 Å². The molecule has 1 amide bonds. The van der Waals surface area contributed by atoms with Crippen LogP contribution in [0, 0.1) is 10.1 Å². The van der Waals surface area contributed by atoms with Gasteiger partial charge in [0.15, 0.2) is 5.03 Å². The van der Waals surface area contributed by atoms with Gasteiger partial charge in [-0.2, -0.15) is 0 Å². The van der Waals surface area contributed by atoms with Crippen molar-refractivity contribution in [1.82, 2.24) is 10.3 Å². The van der Waals surface area contributed by atoms with Crippen molar-refractivity contribution >= 4 is 12.4 Å². The number of nitrogens with zero attached hydrogens (tertiary/aromatic N) is 3. The van der Waals surface area contributed by atoms with Crippen LogP contribution in [0.25, 0.3) is 0 Å². The summed E-state index contributed by atoms with van der Waals surface area (Å²) in [6, 6.07) is 0. The van der Waals surface area contributed by atoms with Crippen molar-refractivity contribution in [3.63, 3.8) is 0 Å². The number of aliphatic imine (C=N–C) groups is 1. The molecule has 62 valence electrons. The summed E-state index contributed by atoms with van der Waals surface area (Å²) in [4.78, 5) is 23.4. The van der Waals surface area contributed by atoms with Gasteiger partial charge in [-0.1, -0.05) is 5.01 Å². The molecule has 0 radical (unpaired) electrons. The van der Waals surface area contributed by atoms with E-state index in [-0.39, 0.29) is 5.96 Å². The van der Waals surface area contributed by atoms with Crippen molar-refractivity contribution in [3.8, 4) is 0 Å². The first kappa shape index (κ1) is 9.34. The summed E-state index contributed by atoms with van der Waals surface area (Å²) in [5, 5.41) is 12.0. The van der Waals surface area contributed by atoms with Gasteiger partial charge in [0.25, 0.3) is 5.96 Å². The van der Waals surface area contributed by atoms with Crippen molar-refractivity contribution in [2.24, 2.45) is 4.99 Å². The molecule has 0 saturated heterocycles. The molecular formula is C4H8N4O3. The molecule has 0 fully saturated rings. The molecule has 0 atom stereocenters. The lowest BCUT2D eigenvalue weighted by atomic mass is 10.8. The monoisotopic (exact) mass is 160 g/mol. The summed E-state index contributed by atoms with van der Waals surface area (Å²) in [6.07, 6.45) is 0.322. The van der Waals surface area contributed by atoms with Crippen molar-refractivity contribution in [1.29, 1.82) is 0 Å². The third-order valence-electron chi connectivity index (χ3n) is 0.951. The van der Waals surface area contributed by atoms with Gasteiger partial charge in [-0.15, -0.1) is 0 Å². The van der Waals surface area contributed by atoms with Gasteiger partial charge < -0.3 is 0 Å². The molecule has 0 saturated carbocycles. The summed E-state index contributed by atoms with van der Waals surface area (Å²) in [5.41, 5.74) is 0. The molecule has 0 aromatic heterocycles. The Morgan fingerprint density at radius 2 is 2.36 bits per heavy atom. The highest BCUT2D eigenvalue weighted by Crippen LogP contribution is 1.82. The fraction of sp³-hybridized carbons (Fsp3) is 0.500. The third-order valence-corrected chi connectivity index (χ3v) is 0.951. The zero-order valence-electron chi connectivity index (χ0n) is 6.14. The van der Waals surface area contributed by atoms with Gasteiger partial charge in [-0.25, -0.2) is 10.1 Å². The van der Waals surface area contributed by atoms with E-state index in [2.05, 4.69) is 10.3 Å². The minimum Gasteiger partial charge on any atom is -0.295 e. The summed E-state index contributed by atoms with van der Waals surface area (Å²) in [6.45, 7) is 0. The second-order valence-corrected chi connectivity index (χ2v) is 1.57. The van der Waals surface area contributed by atoms with Gasteiger partial charge in [0.05, 0.1) is 7.05 Å². The number of hydrazine groups is 1. The average molecular weight is 160 g/mol. The smallest absolute Gasteiger partial charge is 0.263 e. The van der Waals surface area contributed by atoms with Crippen LogP contribution in [-0.2, 0) is 4.79 Å². The molecule has 0 aromatic carbocycles. The number of rotatable bonds is 2. The normalized spacial score (nSPS) is 10.5. The van der Waals surface area contributed by atoms with Gasteiger partial charge in [-0.3, -0.25) is 15.1 Å². The summed E-state index contributed by atoms with van der Waals surface area (Å²) in [5.74, 6) is -0.106. The number of hydrogen-bond acceptors (Lipinski definition) is 4. The van der Waals surface area contributed by atoms with Gasteiger partial charge in [0, 0.05) is 7.05 Å². The second-order valence-electron chi connectivity index (χ2n) is 1.57. The molecule has 0 spiro atoms. The Morgan fingerprint density at radius 3 is 2.64 bits per heavy atom. The molecule has 1 N–H and O–H groups in total. The molecule has 7 heteroatoms. The third kappa shape index (κ3) is 2.61. The van der Waals surface area contributed by atoms with Gasteiger partial charge in [-0.05, 0) is 0 Å². The molecule has 11 heavy (non-hydrogen) atoms. The number of nitrogens with one attached hydrogen (secondary N) is 1. The van der Waals surface area contributed by atoms with Gasteiger partial charge in [0.2, 0.25) is 6.41 Å². The van der Waals surface area contributed by atoms with E-state index >= 15 is 0 Å². The predicted octanol–water partition coefficient (Wildman–Crippen LogP) is -1.16. The SMILES string of the molecule is CN=C(NC=O)N(C)[N+](=O)[O-]. The Bertz CT molecular complexity index is 190. The highest BCUT2D eigenvalue weighted by atomic mass is 16.7. The average Bonchev–Trinajstić information content (AvgIpc) is 1.98. The highest BCUT2D eigenvalue weighted by molar-refractivity contribution is 5.87. The van der Waals surface area contributed by atoms with E-state index in [1.165, 1.54) is 14.1 Å². The van der Waals surface area contributed by atoms with E-state index < -0.39 is 5.03 Å². The first-order valence-corrected chi connectivity index (χ1v) is 2.68. The maximum absolute atomic E-state index is 10.1. The molecule has 0 bridgehead atoms. The minimum atomic E-state index is -0.696. The summed E-state index contributed by atoms with van der Waals surface area (Å²) >= 11 is 0. The number of guanidine groups is 1. The van der Waals surface area contributed by atoms with E-state index in [4.69, 9.17) is 0 Å². The van der Waals surface area contributed by atoms with Crippen molar-refractivity contribution in [2.75, 3.05) is 14.1 Å². The van der Waals surface area contributed by atoms with Crippen LogP contribution in [0.5, 0.6) is 0 Å². The Kier molecular flexibility index (Phi) is 3.57. The summed E-state index contributed by atoms with van der Waals surface area (Å²) in [7, 11) is 2.52. The molecule has 0 unspecified atom stereocenters. The molecular weight excluding hydrogens is 152 g/mol. The van der Waals surface area contributed by atoms with Crippen LogP contribution in [0.4, 0.5) is 0 Å². The fourth-order valence-electron chi connectivity index (χ4n) is 0.433. The topological polar surface area (TPSA) is 87.8 Å². The lowest BCUT2D eigenvalue weighted by Gasteiger charge is -2.07. The zero-order valence-corrected chi connectivity index (χ0v) is 6.14. The number of nitro groups is 1. The summed E-state index contributed by atoms with van der Waals surface area (Å²) < 4.78 is 0. The van der Waals surface area contributed by atoms with E-state index in [0.29, 0.717) is 11.4 Å². The number of amides is 1. The highest BCUT2D eigenvalue weighted by Gasteiger charge is 2.13. The van der Waals surface area contributed by atoms with Crippen LogP contribution in [0.1, 0.15) is 0 Å². The Labute approximate surface area is 62.8 Å². The molecule has 7 nitrogen and oxygen atoms in total. The van der Waals surface area contributed by atoms with E-state index in [1.54, 1.807) is 0 Å². The molecule has 0 rings (SSSR count). The number of hydrogen-bond donors (Lipinski definition) is 1. The number of carbonyl (C=O) groups excluding carboxylic acids is 1. The molecule has 0 aliphatic rings. The second kappa shape index (κ2) is 4.20. The first-order valence-electron chi connectivity index (χ1n) is 2.68. The van der Waals surface area contributed by atoms with Gasteiger partial charge in [0.1, 0.15) is 0 Å². The van der Waals surface area contributed by atoms with Crippen LogP contribution >= 0.6 is 0 Å². The Hall–Kier alpha value is -1.66. The van der Waals surface area contributed by atoms with Crippen LogP contribution in [0.15, 0.2) is 4.99 Å². The van der Waals surface area contributed by atoms with Crippen LogP contribution in [0.2, 0.25) is 0 Å². The molecule has 0 heterocycles. The molecule has 0 aromatic rings. The van der Waals surface area contributed by atoms with Crippen LogP contribution in [-0.4, -0.2) is 36.5 Å². The maximum atomic E-state index is 10.1. The van der Waals surface area contributed by atoms with Gasteiger partial charge >= 0.3 is 0 Å². The minimum absolute atomic E-state index is 0.106. The maximum Gasteiger partial charge on any atom is 0.263 e.